The molecule has 0 spiro atoms. The molecule has 0 radical (unpaired) electrons. The molecule has 1 aromatic rings. The van der Waals surface area contributed by atoms with E-state index >= 15 is 0 Å². The molecule has 1 aliphatic rings. The fourth-order valence-corrected chi connectivity index (χ4v) is 3.84. The van der Waals surface area contributed by atoms with Crippen molar-refractivity contribution in [1.82, 2.24) is 9.97 Å². The van der Waals surface area contributed by atoms with Crippen molar-refractivity contribution < 1.29 is 8.42 Å². The molecule has 1 saturated heterocycles. The van der Waals surface area contributed by atoms with Gasteiger partial charge in [0.2, 0.25) is 10.0 Å². The Kier molecular flexibility index (Phi) is 5.62. The standard InChI is InChI=1S/C16H28N4O2S/c1-11(2)14-9-15(19-16(18-14)12(3)4)20-7-5-13(6-8-20)10-23(17,21)22/h9,11-13H,5-8,10H2,1-4H3,(H2,17,21,22). The van der Waals surface area contributed by atoms with Crippen LogP contribution in [0.3, 0.4) is 0 Å². The van der Waals surface area contributed by atoms with E-state index in [0.717, 1.165) is 43.3 Å². The Bertz CT molecular complexity index is 609. The van der Waals surface area contributed by atoms with Crippen molar-refractivity contribution in [2.75, 3.05) is 23.7 Å². The zero-order chi connectivity index (χ0) is 17.2. The highest BCUT2D eigenvalue weighted by Gasteiger charge is 2.24. The van der Waals surface area contributed by atoms with E-state index in [-0.39, 0.29) is 17.6 Å². The molecule has 1 aromatic heterocycles. The number of hydrogen-bond acceptors (Lipinski definition) is 5. The molecule has 0 aromatic carbocycles. The molecule has 0 atom stereocenters. The number of hydrogen-bond donors (Lipinski definition) is 1. The summed E-state index contributed by atoms with van der Waals surface area (Å²) in [5, 5.41) is 5.16. The molecule has 23 heavy (non-hydrogen) atoms. The number of primary sulfonamides is 1. The zero-order valence-electron chi connectivity index (χ0n) is 14.5. The Morgan fingerprint density at radius 3 is 2.26 bits per heavy atom. The number of nitrogens with zero attached hydrogens (tertiary/aromatic N) is 3. The lowest BCUT2D eigenvalue weighted by Gasteiger charge is -2.33. The van der Waals surface area contributed by atoms with Gasteiger partial charge in [-0.25, -0.2) is 23.5 Å². The van der Waals surface area contributed by atoms with Crippen LogP contribution >= 0.6 is 0 Å². The number of nitrogens with two attached hydrogens (primary N) is 1. The largest absolute Gasteiger partial charge is 0.356 e. The van der Waals surface area contributed by atoms with Crippen LogP contribution in [0, 0.1) is 5.92 Å². The van der Waals surface area contributed by atoms with Gasteiger partial charge in [-0.1, -0.05) is 27.7 Å². The lowest BCUT2D eigenvalue weighted by Crippen LogP contribution is -2.37. The van der Waals surface area contributed by atoms with Gasteiger partial charge in [0.1, 0.15) is 11.6 Å². The van der Waals surface area contributed by atoms with Gasteiger partial charge in [0.15, 0.2) is 0 Å². The van der Waals surface area contributed by atoms with Crippen LogP contribution in [-0.2, 0) is 10.0 Å². The van der Waals surface area contributed by atoms with Gasteiger partial charge in [-0.15, -0.1) is 0 Å². The number of sulfonamides is 1. The van der Waals surface area contributed by atoms with Crippen LogP contribution < -0.4 is 10.0 Å². The Morgan fingerprint density at radius 1 is 1.17 bits per heavy atom. The fourth-order valence-electron chi connectivity index (χ4n) is 2.84. The SMILES string of the molecule is CC(C)c1cc(N2CCC(CS(N)(=O)=O)CC2)nc(C(C)C)n1. The third kappa shape index (κ3) is 5.14. The molecule has 130 valence electrons. The average Bonchev–Trinajstić information content (AvgIpc) is 2.45. The van der Waals surface area contributed by atoms with Gasteiger partial charge >= 0.3 is 0 Å². The van der Waals surface area contributed by atoms with Gasteiger partial charge < -0.3 is 4.90 Å². The Labute approximate surface area is 139 Å². The molecule has 0 saturated carbocycles. The first-order valence-electron chi connectivity index (χ1n) is 8.30. The van der Waals surface area contributed by atoms with Crippen molar-refractivity contribution in [2.24, 2.45) is 11.1 Å². The number of aromatic nitrogens is 2. The van der Waals surface area contributed by atoms with Gasteiger partial charge in [-0.2, -0.15) is 0 Å². The molecule has 1 fully saturated rings. The molecule has 2 rings (SSSR count). The van der Waals surface area contributed by atoms with Gasteiger partial charge in [-0.3, -0.25) is 0 Å². The predicted molar refractivity (Wildman–Crippen MR) is 93.1 cm³/mol. The van der Waals surface area contributed by atoms with Crippen LogP contribution in [-0.4, -0.2) is 37.2 Å². The maximum absolute atomic E-state index is 11.2. The highest BCUT2D eigenvalue weighted by Crippen LogP contribution is 2.26. The van der Waals surface area contributed by atoms with Gasteiger partial charge in [0.25, 0.3) is 0 Å². The summed E-state index contributed by atoms with van der Waals surface area (Å²) in [5.74, 6) is 2.71. The van der Waals surface area contributed by atoms with Gasteiger partial charge in [-0.05, 0) is 24.7 Å². The summed E-state index contributed by atoms with van der Waals surface area (Å²) < 4.78 is 22.5. The van der Waals surface area contributed by atoms with Crippen molar-refractivity contribution in [3.05, 3.63) is 17.6 Å². The van der Waals surface area contributed by atoms with E-state index in [2.05, 4.69) is 43.6 Å². The maximum atomic E-state index is 11.2. The summed E-state index contributed by atoms with van der Waals surface area (Å²) in [6, 6.07) is 2.07. The number of piperidine rings is 1. The zero-order valence-corrected chi connectivity index (χ0v) is 15.3. The second-order valence-electron chi connectivity index (χ2n) is 7.08. The molecule has 6 nitrogen and oxygen atoms in total. The quantitative estimate of drug-likeness (QED) is 0.888. The summed E-state index contributed by atoms with van der Waals surface area (Å²) in [7, 11) is -3.39. The van der Waals surface area contributed by atoms with Gasteiger partial charge in [0, 0.05) is 30.8 Å². The molecular formula is C16H28N4O2S. The van der Waals surface area contributed by atoms with Gasteiger partial charge in [0.05, 0.1) is 5.75 Å². The molecule has 2 N–H and O–H groups in total. The molecule has 0 amide bonds. The molecule has 1 aliphatic heterocycles. The van der Waals surface area contributed by atoms with Crippen LogP contribution in [0.1, 0.15) is 63.9 Å². The second-order valence-corrected chi connectivity index (χ2v) is 8.74. The summed E-state index contributed by atoms with van der Waals surface area (Å²) in [6.07, 6.45) is 1.66. The first kappa shape index (κ1) is 18.1. The highest BCUT2D eigenvalue weighted by molar-refractivity contribution is 7.89. The first-order valence-corrected chi connectivity index (χ1v) is 10.0. The topological polar surface area (TPSA) is 89.2 Å². The Balaban J connectivity index is 2.14. The molecule has 0 aliphatic carbocycles. The Hall–Kier alpha value is -1.21. The monoisotopic (exact) mass is 340 g/mol. The number of rotatable bonds is 5. The molecule has 7 heteroatoms. The third-order valence-electron chi connectivity index (χ3n) is 4.26. The fraction of sp³-hybridized carbons (Fsp3) is 0.750. The maximum Gasteiger partial charge on any atom is 0.209 e. The normalized spacial score (nSPS) is 17.3. The molecule has 0 bridgehead atoms. The lowest BCUT2D eigenvalue weighted by atomic mass is 9.99. The van der Waals surface area contributed by atoms with E-state index in [4.69, 9.17) is 10.1 Å². The van der Waals surface area contributed by atoms with Crippen LogP contribution in [0.2, 0.25) is 0 Å². The van der Waals surface area contributed by atoms with Crippen molar-refractivity contribution in [1.29, 1.82) is 0 Å². The predicted octanol–water partition coefficient (Wildman–Crippen LogP) is 2.23. The van der Waals surface area contributed by atoms with E-state index in [0.29, 0.717) is 5.92 Å². The summed E-state index contributed by atoms with van der Waals surface area (Å²) in [6.45, 7) is 10.1. The van der Waals surface area contributed by atoms with E-state index in [9.17, 15) is 8.42 Å². The van der Waals surface area contributed by atoms with Crippen molar-refractivity contribution in [3.63, 3.8) is 0 Å². The van der Waals surface area contributed by atoms with Crippen LogP contribution in [0.5, 0.6) is 0 Å². The molecular weight excluding hydrogens is 312 g/mol. The lowest BCUT2D eigenvalue weighted by molar-refractivity contribution is 0.433. The van der Waals surface area contributed by atoms with E-state index in [1.54, 1.807) is 0 Å². The van der Waals surface area contributed by atoms with E-state index in [1.807, 2.05) is 0 Å². The summed E-state index contributed by atoms with van der Waals surface area (Å²) in [5.41, 5.74) is 1.06. The highest BCUT2D eigenvalue weighted by atomic mass is 32.2. The minimum absolute atomic E-state index is 0.0824. The minimum Gasteiger partial charge on any atom is -0.356 e. The van der Waals surface area contributed by atoms with Crippen LogP contribution in [0.4, 0.5) is 5.82 Å². The van der Waals surface area contributed by atoms with Crippen molar-refractivity contribution >= 4 is 15.8 Å². The average molecular weight is 340 g/mol. The smallest absolute Gasteiger partial charge is 0.209 e. The Morgan fingerprint density at radius 2 is 1.78 bits per heavy atom. The third-order valence-corrected chi connectivity index (χ3v) is 5.20. The minimum atomic E-state index is -3.39. The molecule has 2 heterocycles. The summed E-state index contributed by atoms with van der Waals surface area (Å²) in [4.78, 5) is 11.6. The van der Waals surface area contributed by atoms with Crippen molar-refractivity contribution in [3.8, 4) is 0 Å². The number of anilines is 1. The van der Waals surface area contributed by atoms with E-state index in [1.165, 1.54) is 0 Å². The summed E-state index contributed by atoms with van der Waals surface area (Å²) >= 11 is 0. The molecule has 0 unspecified atom stereocenters. The van der Waals surface area contributed by atoms with Crippen LogP contribution in [0.25, 0.3) is 0 Å². The van der Waals surface area contributed by atoms with Crippen LogP contribution in [0.15, 0.2) is 6.07 Å². The first-order chi connectivity index (χ1) is 10.7. The van der Waals surface area contributed by atoms with E-state index < -0.39 is 10.0 Å². The van der Waals surface area contributed by atoms with Crippen molar-refractivity contribution in [2.45, 2.75) is 52.4 Å². The second kappa shape index (κ2) is 7.13.